The summed E-state index contributed by atoms with van der Waals surface area (Å²) in [4.78, 5) is 28.4. The molecular weight excluding hydrogens is 282 g/mol. The van der Waals surface area contributed by atoms with Crippen molar-refractivity contribution in [1.29, 1.82) is 0 Å². The molecule has 0 saturated heterocycles. The predicted molar refractivity (Wildman–Crippen MR) is 77.6 cm³/mol. The van der Waals surface area contributed by atoms with Crippen LogP contribution < -0.4 is 16.7 Å². The molecule has 9 nitrogen and oxygen atoms in total. The van der Waals surface area contributed by atoms with Crippen LogP contribution in [0.25, 0.3) is 11.2 Å². The van der Waals surface area contributed by atoms with Crippen LogP contribution in [-0.4, -0.2) is 35.2 Å². The minimum Gasteiger partial charge on any atom is -0.306 e. The topological polar surface area (TPSA) is 89.4 Å². The fourth-order valence-corrected chi connectivity index (χ4v) is 2.54. The van der Waals surface area contributed by atoms with Crippen molar-refractivity contribution in [3.05, 3.63) is 20.8 Å². The lowest BCUT2D eigenvalue weighted by Gasteiger charge is -2.14. The number of aromatic nitrogens is 4. The Morgan fingerprint density at radius 2 is 1.95 bits per heavy atom. The van der Waals surface area contributed by atoms with Gasteiger partial charge in [-0.3, -0.25) is 13.9 Å². The van der Waals surface area contributed by atoms with Crippen LogP contribution in [0.1, 0.15) is 0 Å². The number of rotatable bonds is 2. The van der Waals surface area contributed by atoms with E-state index in [1.54, 1.807) is 29.3 Å². The molecule has 0 atom stereocenters. The van der Waals surface area contributed by atoms with Crippen LogP contribution >= 0.6 is 11.8 Å². The van der Waals surface area contributed by atoms with Gasteiger partial charge in [0.2, 0.25) is 5.95 Å². The van der Waals surface area contributed by atoms with Crippen LogP contribution in [0.3, 0.4) is 0 Å². The van der Waals surface area contributed by atoms with Gasteiger partial charge in [-0.2, -0.15) is 15.2 Å². The maximum absolute atomic E-state index is 12.2. The quantitative estimate of drug-likeness (QED) is 0.784. The van der Waals surface area contributed by atoms with E-state index in [-0.39, 0.29) is 5.56 Å². The Labute approximate surface area is 117 Å². The number of aryl methyl sites for hydroxylation is 2. The van der Waals surface area contributed by atoms with Crippen LogP contribution in [0.2, 0.25) is 0 Å². The van der Waals surface area contributed by atoms with Crippen LogP contribution in [-0.2, 0) is 21.1 Å². The van der Waals surface area contributed by atoms with Gasteiger partial charge in [-0.15, -0.1) is 0 Å². The minimum absolute atomic E-state index is 0.346. The molecular formula is C10H13N7O2S. The molecule has 0 bridgehead atoms. The van der Waals surface area contributed by atoms with E-state index < -0.39 is 5.69 Å². The van der Waals surface area contributed by atoms with E-state index in [4.69, 9.17) is 0 Å². The molecule has 1 N–H and O–H groups in total. The first-order valence-electron chi connectivity index (χ1n) is 5.81. The lowest BCUT2D eigenvalue weighted by Crippen LogP contribution is -2.37. The average molecular weight is 295 g/mol. The van der Waals surface area contributed by atoms with E-state index in [0.29, 0.717) is 23.0 Å². The summed E-state index contributed by atoms with van der Waals surface area (Å²) in [7, 11) is 4.76. The molecule has 20 heavy (non-hydrogen) atoms. The molecule has 3 rings (SSSR count). The van der Waals surface area contributed by atoms with E-state index in [1.165, 1.54) is 23.4 Å². The average Bonchev–Trinajstić information content (AvgIpc) is 3.04. The molecule has 0 radical (unpaired) electrons. The number of anilines is 1. The molecule has 0 unspecified atom stereocenters. The number of hydrogen-bond donors (Lipinski definition) is 1. The summed E-state index contributed by atoms with van der Waals surface area (Å²) in [6.07, 6.45) is 0. The van der Waals surface area contributed by atoms with Crippen LogP contribution in [0.15, 0.2) is 14.7 Å². The number of hydrogen-bond acceptors (Lipinski definition) is 7. The van der Waals surface area contributed by atoms with Gasteiger partial charge in [0.15, 0.2) is 11.2 Å². The van der Waals surface area contributed by atoms with E-state index in [9.17, 15) is 9.59 Å². The number of hydrazone groups is 1. The van der Waals surface area contributed by atoms with Gasteiger partial charge in [-0.05, 0) is 0 Å². The highest BCUT2D eigenvalue weighted by Gasteiger charge is 2.18. The maximum Gasteiger partial charge on any atom is 0.332 e. The Bertz CT molecular complexity index is 831. The lowest BCUT2D eigenvalue weighted by atomic mass is 10.5. The second-order valence-electron chi connectivity index (χ2n) is 4.40. The van der Waals surface area contributed by atoms with Crippen LogP contribution in [0.5, 0.6) is 0 Å². The zero-order chi connectivity index (χ0) is 14.4. The molecule has 2 aromatic rings. The summed E-state index contributed by atoms with van der Waals surface area (Å²) in [5, 5.41) is 5.68. The summed E-state index contributed by atoms with van der Waals surface area (Å²) in [5.41, 5.74) is 4.65. The highest BCUT2D eigenvalue weighted by Crippen LogP contribution is 2.16. The van der Waals surface area contributed by atoms with Crippen molar-refractivity contribution >= 4 is 34.4 Å². The van der Waals surface area contributed by atoms with E-state index in [2.05, 4.69) is 15.5 Å². The monoisotopic (exact) mass is 295 g/mol. The molecule has 0 amide bonds. The zero-order valence-corrected chi connectivity index (χ0v) is 12.0. The van der Waals surface area contributed by atoms with Crippen molar-refractivity contribution < 1.29 is 0 Å². The summed E-state index contributed by atoms with van der Waals surface area (Å²) in [5.74, 6) is 1.11. The van der Waals surface area contributed by atoms with Gasteiger partial charge in [-0.25, -0.2) is 10.2 Å². The minimum atomic E-state index is -0.401. The van der Waals surface area contributed by atoms with Crippen molar-refractivity contribution in [2.24, 2.45) is 26.2 Å². The molecule has 0 aliphatic carbocycles. The van der Waals surface area contributed by atoms with Gasteiger partial charge in [0.05, 0.1) is 5.55 Å². The predicted octanol–water partition coefficient (Wildman–Crippen LogP) is -0.753. The molecule has 1 aliphatic rings. The number of nitrogens with zero attached hydrogens (tertiary/aromatic N) is 6. The Balaban J connectivity index is 2.22. The molecule has 0 spiro atoms. The molecule has 10 heteroatoms. The summed E-state index contributed by atoms with van der Waals surface area (Å²) in [6.45, 7) is 0. The summed E-state index contributed by atoms with van der Waals surface area (Å²) >= 11 is 1.54. The Morgan fingerprint density at radius 3 is 2.60 bits per heavy atom. The number of hydrazine groups is 1. The first kappa shape index (κ1) is 12.8. The van der Waals surface area contributed by atoms with Crippen molar-refractivity contribution in [1.82, 2.24) is 23.8 Å². The zero-order valence-electron chi connectivity index (χ0n) is 11.2. The normalized spacial score (nSPS) is 14.4. The second kappa shape index (κ2) is 4.40. The standard InChI is InChI=1S/C10H13N7O2S/c1-14-6-7(15(2)10(19)16(3)8(6)18)12-9(14)13-17-5-20-4-11-17/h4H,5H2,1-3H3,(H,12,13). The van der Waals surface area contributed by atoms with Gasteiger partial charge in [0, 0.05) is 21.1 Å². The van der Waals surface area contributed by atoms with E-state index >= 15 is 0 Å². The maximum atomic E-state index is 12.2. The van der Waals surface area contributed by atoms with Crippen molar-refractivity contribution in [3.8, 4) is 0 Å². The second-order valence-corrected chi connectivity index (χ2v) is 5.20. The summed E-state index contributed by atoms with van der Waals surface area (Å²) in [6, 6.07) is 0. The molecule has 106 valence electrons. The molecule has 1 aliphatic heterocycles. The lowest BCUT2D eigenvalue weighted by molar-refractivity contribution is 0.416. The highest BCUT2D eigenvalue weighted by molar-refractivity contribution is 8.12. The Morgan fingerprint density at radius 1 is 1.20 bits per heavy atom. The number of imidazole rings is 1. The third kappa shape index (κ3) is 1.72. The fourth-order valence-electron chi connectivity index (χ4n) is 2.02. The first-order chi connectivity index (χ1) is 9.50. The molecule has 2 aromatic heterocycles. The van der Waals surface area contributed by atoms with Crippen LogP contribution in [0.4, 0.5) is 5.95 Å². The number of thioether (sulfide) groups is 1. The molecule has 0 aromatic carbocycles. The van der Waals surface area contributed by atoms with Crippen molar-refractivity contribution in [2.75, 3.05) is 11.3 Å². The third-order valence-electron chi connectivity index (χ3n) is 3.16. The Hall–Kier alpha value is -2.23. The van der Waals surface area contributed by atoms with Gasteiger partial charge in [0.1, 0.15) is 5.88 Å². The molecule has 0 saturated carbocycles. The summed E-state index contributed by atoms with van der Waals surface area (Å²) < 4.78 is 4.04. The first-order valence-corrected chi connectivity index (χ1v) is 6.86. The molecule has 0 fully saturated rings. The van der Waals surface area contributed by atoms with E-state index in [0.717, 1.165) is 4.57 Å². The van der Waals surface area contributed by atoms with Crippen LogP contribution in [0, 0.1) is 0 Å². The van der Waals surface area contributed by atoms with Gasteiger partial charge in [0.25, 0.3) is 5.56 Å². The van der Waals surface area contributed by atoms with Gasteiger partial charge in [-0.1, -0.05) is 11.8 Å². The molecule has 3 heterocycles. The third-order valence-corrected chi connectivity index (χ3v) is 3.80. The SMILES string of the molecule is Cn1c(=O)c2c(nc(NN3CSC=N3)n2C)n(C)c1=O. The highest BCUT2D eigenvalue weighted by atomic mass is 32.2. The smallest absolute Gasteiger partial charge is 0.306 e. The van der Waals surface area contributed by atoms with Crippen molar-refractivity contribution in [3.63, 3.8) is 0 Å². The van der Waals surface area contributed by atoms with Gasteiger partial charge < -0.3 is 4.57 Å². The van der Waals surface area contributed by atoms with Crippen molar-refractivity contribution in [2.45, 2.75) is 0 Å². The largest absolute Gasteiger partial charge is 0.332 e. The Kier molecular flexibility index (Phi) is 2.82. The van der Waals surface area contributed by atoms with E-state index in [1.807, 2.05) is 0 Å². The number of nitrogens with one attached hydrogen (secondary N) is 1. The fraction of sp³-hybridized carbons (Fsp3) is 0.400. The number of fused-ring (bicyclic) bond motifs is 1. The van der Waals surface area contributed by atoms with Gasteiger partial charge >= 0.3 is 5.69 Å².